The van der Waals surface area contributed by atoms with Crippen LogP contribution in [0.5, 0.6) is 0 Å². The average Bonchev–Trinajstić information content (AvgIpc) is 3.80. The van der Waals surface area contributed by atoms with Crippen LogP contribution in [0.2, 0.25) is 0 Å². The molecule has 0 radical (unpaired) electrons. The first-order valence-corrected chi connectivity index (χ1v) is 24.7. The number of rotatable bonds is 9. The summed E-state index contributed by atoms with van der Waals surface area (Å²) in [6.45, 7) is 0. The van der Waals surface area contributed by atoms with Crippen molar-refractivity contribution in [1.29, 1.82) is 0 Å². The molecule has 0 aliphatic carbocycles. The minimum atomic E-state index is 0.966. The maximum absolute atomic E-state index is 5.09. The van der Waals surface area contributed by atoms with Gasteiger partial charge < -0.3 is 4.57 Å². The highest BCUT2D eigenvalue weighted by molar-refractivity contribution is 6.22. The summed E-state index contributed by atoms with van der Waals surface area (Å²) < 4.78 is 2.18. The normalized spacial score (nSPS) is 11.4. The minimum Gasteiger partial charge on any atom is -0.327 e. The molecule has 13 rings (SSSR count). The maximum atomic E-state index is 5.09. The van der Waals surface area contributed by atoms with E-state index in [1.807, 2.05) is 6.07 Å². The lowest BCUT2D eigenvalue weighted by Gasteiger charge is -2.21. The smallest absolute Gasteiger partial charge is 0.140 e. The zero-order valence-electron chi connectivity index (χ0n) is 39.9. The van der Waals surface area contributed by atoms with Gasteiger partial charge in [0.2, 0.25) is 0 Å². The Balaban J connectivity index is 1.03. The monoisotopic (exact) mass is 916 g/mol. The van der Waals surface area contributed by atoms with E-state index < -0.39 is 0 Å². The average molecular weight is 917 g/mol. The zero-order valence-corrected chi connectivity index (χ0v) is 39.9. The van der Waals surface area contributed by atoms with Crippen LogP contribution in [0.1, 0.15) is 0 Å². The molecule has 0 atom stereocenters. The molecule has 2 nitrogen and oxygen atoms in total. The van der Waals surface area contributed by atoms with Crippen LogP contribution in [0.4, 0.5) is 0 Å². The Hall–Kier alpha value is -9.37. The molecule has 0 aliphatic rings. The quantitative estimate of drug-likeness (QED) is 0.132. The second-order valence-electron chi connectivity index (χ2n) is 18.8. The molecule has 2 heteroatoms. The third-order valence-electron chi connectivity index (χ3n) is 14.4. The van der Waals surface area contributed by atoms with Crippen LogP contribution in [0.15, 0.2) is 273 Å². The molecule has 0 saturated carbocycles. The van der Waals surface area contributed by atoms with Crippen molar-refractivity contribution in [1.82, 2.24) is 9.55 Å². The Morgan fingerprint density at radius 1 is 0.236 bits per heavy atom. The van der Waals surface area contributed by atoms with Crippen molar-refractivity contribution in [3.05, 3.63) is 273 Å². The predicted octanol–water partition coefficient (Wildman–Crippen LogP) is 18.9. The number of fused-ring (bicyclic) bond motifs is 3. The predicted molar refractivity (Wildman–Crippen MR) is 305 cm³/mol. The molecule has 338 valence electrons. The van der Waals surface area contributed by atoms with Crippen LogP contribution in [0, 0.1) is 0 Å². The highest BCUT2D eigenvalue weighted by atomic mass is 15.1. The van der Waals surface area contributed by atoms with Crippen molar-refractivity contribution >= 4 is 32.6 Å². The van der Waals surface area contributed by atoms with Crippen LogP contribution in [0.3, 0.4) is 0 Å². The molecule has 0 amide bonds. The van der Waals surface area contributed by atoms with E-state index >= 15 is 0 Å². The van der Waals surface area contributed by atoms with Gasteiger partial charge in [0, 0.05) is 12.6 Å². The summed E-state index contributed by atoms with van der Waals surface area (Å²) in [5.74, 6) is 0.966. The lowest BCUT2D eigenvalue weighted by Crippen LogP contribution is -1.94. The highest BCUT2D eigenvalue weighted by Gasteiger charge is 2.21. The fourth-order valence-corrected chi connectivity index (χ4v) is 10.8. The van der Waals surface area contributed by atoms with Crippen LogP contribution in [-0.4, -0.2) is 9.55 Å². The van der Waals surface area contributed by atoms with E-state index in [1.54, 1.807) is 0 Å². The number of imidazole rings is 1. The van der Waals surface area contributed by atoms with E-state index in [-0.39, 0.29) is 0 Å². The SMILES string of the molecule is Cn1c(-c2ccccc2)nc2cc(-c3ccc(-c4ccc5c(-c6cc(-c7ccccc7)cc(-c7ccccc7)c6)c6ccccc6c(-c6cc(-c7ccccc7)cc(-c7ccccc7)c6)c5c4)cc3)ccc21. The zero-order chi connectivity index (χ0) is 48.0. The van der Waals surface area contributed by atoms with E-state index in [0.29, 0.717) is 0 Å². The first kappa shape index (κ1) is 42.7. The van der Waals surface area contributed by atoms with Crippen molar-refractivity contribution in [2.75, 3.05) is 0 Å². The number of hydrogen-bond acceptors (Lipinski definition) is 1. The van der Waals surface area contributed by atoms with Crippen molar-refractivity contribution in [2.24, 2.45) is 7.05 Å². The Morgan fingerprint density at radius 3 is 1.00 bits per heavy atom. The third kappa shape index (κ3) is 7.86. The van der Waals surface area contributed by atoms with Gasteiger partial charge in [0.15, 0.2) is 0 Å². The van der Waals surface area contributed by atoms with Gasteiger partial charge in [-0.15, -0.1) is 0 Å². The second-order valence-corrected chi connectivity index (χ2v) is 18.8. The fraction of sp³-hybridized carbons (Fsp3) is 0.0143. The summed E-state index contributed by atoms with van der Waals surface area (Å²) in [5.41, 5.74) is 22.1. The standard InChI is InChI=1S/C70H48N2/c1-72-67-38-36-55(46-66(67)71-70(72)53-27-15-6-16-28-53)52-33-31-51(32-34-52)54-35-37-64-65(45-54)69(61-43-58(49-23-11-4-12-24-49)40-59(44-61)50-25-13-5-14-26-50)63-30-18-17-29-62(63)68(64)60-41-56(47-19-7-2-8-20-47)39-57(42-60)48-21-9-3-10-22-48/h2-46H,1H3. The highest BCUT2D eigenvalue weighted by Crippen LogP contribution is 2.48. The maximum Gasteiger partial charge on any atom is 0.140 e. The lowest BCUT2D eigenvalue weighted by molar-refractivity contribution is 0.959. The molecule has 0 spiro atoms. The minimum absolute atomic E-state index is 0.966. The van der Waals surface area contributed by atoms with Gasteiger partial charge in [-0.1, -0.05) is 218 Å². The number of nitrogens with zero attached hydrogens (tertiary/aromatic N) is 2. The van der Waals surface area contributed by atoms with Gasteiger partial charge >= 0.3 is 0 Å². The van der Waals surface area contributed by atoms with Gasteiger partial charge in [-0.25, -0.2) is 4.98 Å². The lowest BCUT2D eigenvalue weighted by atomic mass is 9.82. The molecule has 12 aromatic carbocycles. The van der Waals surface area contributed by atoms with E-state index in [1.165, 1.54) is 88.3 Å². The Labute approximate surface area is 420 Å². The summed E-state index contributed by atoms with van der Waals surface area (Å²) in [4.78, 5) is 5.09. The largest absolute Gasteiger partial charge is 0.327 e. The molecule has 13 aromatic rings. The summed E-state index contributed by atoms with van der Waals surface area (Å²) in [6.07, 6.45) is 0. The number of hydrogen-bond donors (Lipinski definition) is 0. The molecular weight excluding hydrogens is 869 g/mol. The van der Waals surface area contributed by atoms with Crippen LogP contribution in [0.25, 0.3) is 133 Å². The Kier molecular flexibility index (Phi) is 10.8. The molecular formula is C70H48N2. The number of benzene rings is 12. The van der Waals surface area contributed by atoms with Gasteiger partial charge in [0.1, 0.15) is 5.82 Å². The molecule has 0 unspecified atom stereocenters. The second kappa shape index (κ2) is 18.2. The van der Waals surface area contributed by atoms with Crippen molar-refractivity contribution in [2.45, 2.75) is 0 Å². The van der Waals surface area contributed by atoms with Gasteiger partial charge in [0.05, 0.1) is 11.0 Å². The molecule has 0 bridgehead atoms. The van der Waals surface area contributed by atoms with Crippen LogP contribution >= 0.6 is 0 Å². The summed E-state index contributed by atoms with van der Waals surface area (Å²) in [7, 11) is 2.10. The number of aromatic nitrogens is 2. The van der Waals surface area contributed by atoms with Gasteiger partial charge in [-0.05, 0) is 165 Å². The molecule has 1 heterocycles. The van der Waals surface area contributed by atoms with Gasteiger partial charge in [-0.3, -0.25) is 0 Å². The molecule has 72 heavy (non-hydrogen) atoms. The molecule has 0 fully saturated rings. The molecule has 0 N–H and O–H groups in total. The fourth-order valence-electron chi connectivity index (χ4n) is 10.8. The number of aryl methyl sites for hydroxylation is 1. The first-order valence-electron chi connectivity index (χ1n) is 24.7. The Morgan fingerprint density at radius 2 is 0.556 bits per heavy atom. The van der Waals surface area contributed by atoms with Crippen LogP contribution in [-0.2, 0) is 7.05 Å². The van der Waals surface area contributed by atoms with Crippen LogP contribution < -0.4 is 0 Å². The molecule has 0 aliphatic heterocycles. The van der Waals surface area contributed by atoms with E-state index in [0.717, 1.165) is 44.7 Å². The van der Waals surface area contributed by atoms with Crippen molar-refractivity contribution in [3.8, 4) is 100 Å². The topological polar surface area (TPSA) is 17.8 Å². The van der Waals surface area contributed by atoms with Crippen molar-refractivity contribution in [3.63, 3.8) is 0 Å². The third-order valence-corrected chi connectivity index (χ3v) is 14.4. The molecule has 1 aromatic heterocycles. The summed E-state index contributed by atoms with van der Waals surface area (Å²) >= 11 is 0. The Bertz CT molecular complexity index is 3990. The molecule has 0 saturated heterocycles. The summed E-state index contributed by atoms with van der Waals surface area (Å²) in [6, 6.07) is 99.7. The van der Waals surface area contributed by atoms with Crippen molar-refractivity contribution < 1.29 is 0 Å². The van der Waals surface area contributed by atoms with Gasteiger partial charge in [0.25, 0.3) is 0 Å². The van der Waals surface area contributed by atoms with Gasteiger partial charge in [-0.2, -0.15) is 0 Å². The van der Waals surface area contributed by atoms with E-state index in [4.69, 9.17) is 4.98 Å². The first-order chi connectivity index (χ1) is 35.6. The van der Waals surface area contributed by atoms with E-state index in [2.05, 4.69) is 279 Å². The van der Waals surface area contributed by atoms with E-state index in [9.17, 15) is 0 Å². The summed E-state index contributed by atoms with van der Waals surface area (Å²) in [5, 5.41) is 4.84.